The summed E-state index contributed by atoms with van der Waals surface area (Å²) in [6.07, 6.45) is 6.26. The molecule has 2 atom stereocenters. The van der Waals surface area contributed by atoms with Crippen molar-refractivity contribution in [3.63, 3.8) is 0 Å². The summed E-state index contributed by atoms with van der Waals surface area (Å²) in [6.45, 7) is 9.96. The highest BCUT2D eigenvalue weighted by molar-refractivity contribution is 7.71. The summed E-state index contributed by atoms with van der Waals surface area (Å²) in [4.78, 5) is 5.87. The Kier molecular flexibility index (Phi) is 5.92. The van der Waals surface area contributed by atoms with Crippen molar-refractivity contribution >= 4 is 12.2 Å². The second-order valence-corrected chi connectivity index (χ2v) is 8.87. The van der Waals surface area contributed by atoms with Gasteiger partial charge < -0.3 is 4.90 Å². The number of benzene rings is 1. The van der Waals surface area contributed by atoms with Crippen molar-refractivity contribution < 1.29 is 4.90 Å². The minimum atomic E-state index is 0.395. The standard InChI is InChI=1S/C23H29N5S/c1-17(2)20-10-4-5-11-21(20)28-22(19-9-6-12-24-14-19)25-27(23(28)29)16-26-13-7-8-18(3)15-26/h4-6,9-12,14,17-18H,7-8,13,15-16H2,1-3H3/p+1/t18-/m1/s1. The van der Waals surface area contributed by atoms with Crippen molar-refractivity contribution in [1.29, 1.82) is 0 Å². The molecule has 2 aromatic heterocycles. The fraction of sp³-hybridized carbons (Fsp3) is 0.435. The number of aromatic nitrogens is 4. The number of quaternary nitrogens is 1. The Bertz CT molecular complexity index is 1020. The Hall–Kier alpha value is -2.31. The number of piperidine rings is 1. The molecule has 1 saturated heterocycles. The average Bonchev–Trinajstić information content (AvgIpc) is 3.04. The van der Waals surface area contributed by atoms with Crippen LogP contribution in [0, 0.1) is 10.7 Å². The van der Waals surface area contributed by atoms with E-state index in [1.165, 1.54) is 31.5 Å². The van der Waals surface area contributed by atoms with Crippen molar-refractivity contribution in [1.82, 2.24) is 19.3 Å². The van der Waals surface area contributed by atoms with Gasteiger partial charge in [-0.05, 0) is 54.7 Å². The van der Waals surface area contributed by atoms with Gasteiger partial charge >= 0.3 is 0 Å². The zero-order valence-electron chi connectivity index (χ0n) is 17.5. The second-order valence-electron chi connectivity index (χ2n) is 8.51. The summed E-state index contributed by atoms with van der Waals surface area (Å²) in [5.41, 5.74) is 3.37. The lowest BCUT2D eigenvalue weighted by Gasteiger charge is -2.27. The molecule has 1 aliphatic heterocycles. The molecule has 152 valence electrons. The molecule has 29 heavy (non-hydrogen) atoms. The topological polar surface area (TPSA) is 40.1 Å². The lowest BCUT2D eigenvalue weighted by atomic mass is 10.0. The van der Waals surface area contributed by atoms with Crippen LogP contribution < -0.4 is 4.90 Å². The predicted octanol–water partition coefficient (Wildman–Crippen LogP) is 3.86. The zero-order chi connectivity index (χ0) is 20.4. The van der Waals surface area contributed by atoms with Crippen LogP contribution in [0.1, 0.15) is 45.1 Å². The highest BCUT2D eigenvalue weighted by Crippen LogP contribution is 2.28. The third-order valence-electron chi connectivity index (χ3n) is 5.80. The highest BCUT2D eigenvalue weighted by Gasteiger charge is 2.23. The molecule has 1 aliphatic rings. The maximum Gasteiger partial charge on any atom is 0.207 e. The van der Waals surface area contributed by atoms with Crippen LogP contribution in [0.4, 0.5) is 0 Å². The molecule has 1 fully saturated rings. The molecule has 0 saturated carbocycles. The second kappa shape index (κ2) is 8.59. The largest absolute Gasteiger partial charge is 0.316 e. The Balaban J connectivity index is 1.83. The monoisotopic (exact) mass is 408 g/mol. The van der Waals surface area contributed by atoms with E-state index in [0.29, 0.717) is 5.92 Å². The summed E-state index contributed by atoms with van der Waals surface area (Å²) in [5, 5.41) is 4.99. The van der Waals surface area contributed by atoms with Crippen molar-refractivity contribution in [2.24, 2.45) is 5.92 Å². The van der Waals surface area contributed by atoms with Gasteiger partial charge in [-0.15, -0.1) is 5.10 Å². The Labute approximate surface area is 178 Å². The van der Waals surface area contributed by atoms with E-state index >= 15 is 0 Å². The summed E-state index contributed by atoms with van der Waals surface area (Å²) in [5.74, 6) is 2.02. The third-order valence-corrected chi connectivity index (χ3v) is 6.19. The number of nitrogens with one attached hydrogen (secondary N) is 1. The van der Waals surface area contributed by atoms with Gasteiger partial charge in [-0.25, -0.2) is 0 Å². The number of para-hydroxylation sites is 1. The minimum Gasteiger partial charge on any atom is -0.316 e. The molecule has 3 aromatic rings. The molecule has 0 spiro atoms. The van der Waals surface area contributed by atoms with Gasteiger partial charge in [0.25, 0.3) is 0 Å². The molecule has 0 radical (unpaired) electrons. The smallest absolute Gasteiger partial charge is 0.207 e. The number of hydrogen-bond donors (Lipinski definition) is 1. The minimum absolute atomic E-state index is 0.395. The van der Waals surface area contributed by atoms with Crippen LogP contribution in [0.3, 0.4) is 0 Å². The lowest BCUT2D eigenvalue weighted by molar-refractivity contribution is -0.931. The highest BCUT2D eigenvalue weighted by atomic mass is 32.1. The third kappa shape index (κ3) is 4.19. The number of nitrogens with zero attached hydrogens (tertiary/aromatic N) is 4. The quantitative estimate of drug-likeness (QED) is 0.652. The molecule has 5 nitrogen and oxygen atoms in total. The molecule has 6 heteroatoms. The van der Waals surface area contributed by atoms with Crippen LogP contribution in [-0.2, 0) is 6.67 Å². The van der Waals surface area contributed by atoms with Crippen LogP contribution in [0.2, 0.25) is 0 Å². The van der Waals surface area contributed by atoms with Gasteiger partial charge in [0.05, 0.1) is 18.8 Å². The van der Waals surface area contributed by atoms with Crippen LogP contribution >= 0.6 is 12.2 Å². The summed E-state index contributed by atoms with van der Waals surface area (Å²) >= 11 is 5.97. The Morgan fingerprint density at radius 3 is 2.76 bits per heavy atom. The molecule has 0 bridgehead atoms. The number of likely N-dealkylation sites (tertiary alicyclic amines) is 1. The first-order chi connectivity index (χ1) is 14.0. The number of hydrogen-bond acceptors (Lipinski definition) is 3. The van der Waals surface area contributed by atoms with E-state index in [1.54, 1.807) is 11.1 Å². The normalized spacial score (nSPS) is 19.6. The summed E-state index contributed by atoms with van der Waals surface area (Å²) in [7, 11) is 0. The SMILES string of the molecule is CC(C)c1ccccc1-n1c(-c2cccnc2)nn(C[NH+]2CCC[C@@H](C)C2)c1=S. The van der Waals surface area contributed by atoms with E-state index in [4.69, 9.17) is 17.3 Å². The maximum absolute atomic E-state index is 5.97. The number of pyridine rings is 1. The maximum atomic E-state index is 5.97. The van der Waals surface area contributed by atoms with E-state index in [9.17, 15) is 0 Å². The molecule has 0 aliphatic carbocycles. The van der Waals surface area contributed by atoms with E-state index in [1.807, 2.05) is 16.9 Å². The first-order valence-corrected chi connectivity index (χ1v) is 11.0. The van der Waals surface area contributed by atoms with Gasteiger partial charge in [-0.1, -0.05) is 39.0 Å². The van der Waals surface area contributed by atoms with Gasteiger partial charge in [-0.2, -0.15) is 4.68 Å². The van der Waals surface area contributed by atoms with Gasteiger partial charge in [0, 0.05) is 23.9 Å². The fourth-order valence-electron chi connectivity index (χ4n) is 4.34. The summed E-state index contributed by atoms with van der Waals surface area (Å²) in [6, 6.07) is 12.5. The average molecular weight is 409 g/mol. The predicted molar refractivity (Wildman–Crippen MR) is 119 cm³/mol. The first-order valence-electron chi connectivity index (χ1n) is 10.6. The molecular weight excluding hydrogens is 378 g/mol. The van der Waals surface area contributed by atoms with Crippen LogP contribution in [0.15, 0.2) is 48.8 Å². The lowest BCUT2D eigenvalue weighted by Crippen LogP contribution is -3.12. The molecule has 1 unspecified atom stereocenters. The zero-order valence-corrected chi connectivity index (χ0v) is 18.3. The van der Waals surface area contributed by atoms with Crippen LogP contribution in [0.5, 0.6) is 0 Å². The summed E-state index contributed by atoms with van der Waals surface area (Å²) < 4.78 is 4.90. The van der Waals surface area contributed by atoms with Crippen molar-refractivity contribution in [2.75, 3.05) is 13.1 Å². The molecular formula is C23H30N5S+. The van der Waals surface area contributed by atoms with E-state index in [0.717, 1.165) is 34.4 Å². The first kappa shape index (κ1) is 20.0. The molecule has 3 heterocycles. The fourth-order valence-corrected chi connectivity index (χ4v) is 4.63. The van der Waals surface area contributed by atoms with Gasteiger partial charge in [0.2, 0.25) is 4.77 Å². The van der Waals surface area contributed by atoms with E-state index < -0.39 is 0 Å². The number of rotatable bonds is 5. The van der Waals surface area contributed by atoms with Crippen LogP contribution in [-0.4, -0.2) is 32.4 Å². The Morgan fingerprint density at radius 1 is 1.21 bits per heavy atom. The molecule has 4 rings (SSSR count). The van der Waals surface area contributed by atoms with Crippen molar-refractivity contribution in [3.05, 3.63) is 59.1 Å². The molecule has 1 N–H and O–H groups in total. The van der Waals surface area contributed by atoms with Crippen LogP contribution in [0.25, 0.3) is 17.1 Å². The Morgan fingerprint density at radius 2 is 2.03 bits per heavy atom. The van der Waals surface area contributed by atoms with E-state index in [2.05, 4.69) is 60.7 Å². The molecule has 0 amide bonds. The molecule has 1 aromatic carbocycles. The van der Waals surface area contributed by atoms with E-state index in [-0.39, 0.29) is 0 Å². The van der Waals surface area contributed by atoms with Crippen molar-refractivity contribution in [2.45, 2.75) is 46.2 Å². The van der Waals surface area contributed by atoms with Gasteiger partial charge in [0.1, 0.15) is 0 Å². The van der Waals surface area contributed by atoms with Gasteiger partial charge in [-0.3, -0.25) is 9.55 Å². The van der Waals surface area contributed by atoms with Gasteiger partial charge in [0.15, 0.2) is 12.5 Å². The van der Waals surface area contributed by atoms with Crippen molar-refractivity contribution in [3.8, 4) is 17.1 Å².